The molecule has 35 heavy (non-hydrogen) atoms. The number of oxazole rings is 1. The number of rotatable bonds is 9. The van der Waals surface area contributed by atoms with Gasteiger partial charge in [0.2, 0.25) is 17.6 Å². The number of nitrogens with zero attached hydrogens (tertiary/aromatic N) is 2. The molecule has 3 atom stereocenters. The van der Waals surface area contributed by atoms with Gasteiger partial charge in [-0.25, -0.2) is 14.4 Å². The van der Waals surface area contributed by atoms with Crippen molar-refractivity contribution >= 4 is 34.8 Å². The van der Waals surface area contributed by atoms with Crippen LogP contribution in [-0.2, 0) is 4.79 Å². The summed E-state index contributed by atoms with van der Waals surface area (Å²) in [5.74, 6) is -2.95. The Hall–Kier alpha value is -3.03. The standard InChI is InChI=1S/C21H19ClF4N4O4S/c1-10(17(32)30-14(4-5-21(24,25)26)16(31)20-27-6-7-35-20)29-18(33)15-9-28-19(34-15)12-8-11(22)2-3-13(12)23/h2-3,6-10,14,16,31H,4-5H2,1H3,(H,29,33)(H,30,32)/t10-,14-,16?/m0/s1. The first-order chi connectivity index (χ1) is 16.4. The van der Waals surface area contributed by atoms with Gasteiger partial charge < -0.3 is 20.2 Å². The lowest BCUT2D eigenvalue weighted by Gasteiger charge is -2.25. The number of alkyl halides is 3. The van der Waals surface area contributed by atoms with Crippen molar-refractivity contribution in [1.29, 1.82) is 0 Å². The van der Waals surface area contributed by atoms with Crippen molar-refractivity contribution in [2.24, 2.45) is 0 Å². The molecular formula is C21H19ClF4N4O4S. The van der Waals surface area contributed by atoms with Gasteiger partial charge in [0.25, 0.3) is 5.91 Å². The second kappa shape index (κ2) is 11.1. The Balaban J connectivity index is 1.66. The molecule has 2 aromatic heterocycles. The Bertz CT molecular complexity index is 1170. The quantitative estimate of drug-likeness (QED) is 0.353. The van der Waals surface area contributed by atoms with Crippen molar-refractivity contribution in [1.82, 2.24) is 20.6 Å². The lowest BCUT2D eigenvalue weighted by Crippen LogP contribution is -2.49. The molecule has 0 saturated heterocycles. The highest BCUT2D eigenvalue weighted by molar-refractivity contribution is 7.09. The van der Waals surface area contributed by atoms with Crippen LogP contribution < -0.4 is 10.6 Å². The number of carbonyl (C=O) groups excluding carboxylic acids is 2. The molecule has 188 valence electrons. The van der Waals surface area contributed by atoms with Crippen LogP contribution in [0.3, 0.4) is 0 Å². The fraction of sp³-hybridized carbons (Fsp3) is 0.333. The normalized spacial score (nSPS) is 14.3. The Kier molecular flexibility index (Phi) is 8.46. The summed E-state index contributed by atoms with van der Waals surface area (Å²) >= 11 is 6.86. The maximum absolute atomic E-state index is 14.0. The second-order valence-corrected chi connectivity index (χ2v) is 8.80. The highest BCUT2D eigenvalue weighted by Gasteiger charge is 2.33. The van der Waals surface area contributed by atoms with Crippen LogP contribution in [0.25, 0.3) is 11.5 Å². The summed E-state index contributed by atoms with van der Waals surface area (Å²) in [5.41, 5.74) is -0.0778. The summed E-state index contributed by atoms with van der Waals surface area (Å²) in [4.78, 5) is 32.8. The van der Waals surface area contributed by atoms with Crippen LogP contribution in [0.15, 0.2) is 40.4 Å². The van der Waals surface area contributed by atoms with Crippen LogP contribution in [0.5, 0.6) is 0 Å². The molecule has 8 nitrogen and oxygen atoms in total. The molecule has 0 fully saturated rings. The number of aromatic nitrogens is 2. The lowest BCUT2D eigenvalue weighted by atomic mass is 10.0. The Morgan fingerprint density at radius 2 is 2.00 bits per heavy atom. The summed E-state index contributed by atoms with van der Waals surface area (Å²) in [6.07, 6.45) is -5.44. The zero-order chi connectivity index (χ0) is 25.8. The molecule has 14 heteroatoms. The minimum absolute atomic E-state index is 0.0778. The summed E-state index contributed by atoms with van der Waals surface area (Å²) in [5, 5.41) is 17.0. The Morgan fingerprint density at radius 1 is 1.26 bits per heavy atom. The highest BCUT2D eigenvalue weighted by Crippen LogP contribution is 2.28. The van der Waals surface area contributed by atoms with Crippen LogP contribution in [0.4, 0.5) is 17.6 Å². The number of hydrogen-bond acceptors (Lipinski definition) is 7. The fourth-order valence-electron chi connectivity index (χ4n) is 2.99. The number of hydrogen-bond donors (Lipinski definition) is 3. The number of carbonyl (C=O) groups is 2. The molecule has 3 N–H and O–H groups in total. The van der Waals surface area contributed by atoms with E-state index in [1.54, 1.807) is 0 Å². The zero-order valence-electron chi connectivity index (χ0n) is 18.0. The summed E-state index contributed by atoms with van der Waals surface area (Å²) in [7, 11) is 0. The molecule has 0 saturated carbocycles. The number of benzene rings is 1. The lowest BCUT2D eigenvalue weighted by molar-refractivity contribution is -0.140. The van der Waals surface area contributed by atoms with Crippen LogP contribution in [-0.4, -0.2) is 45.1 Å². The van der Waals surface area contributed by atoms with Gasteiger partial charge in [0.1, 0.15) is 23.0 Å². The summed E-state index contributed by atoms with van der Waals surface area (Å²) in [6, 6.07) is 1.15. The third kappa shape index (κ3) is 7.23. The van der Waals surface area contributed by atoms with Gasteiger partial charge in [0, 0.05) is 23.0 Å². The van der Waals surface area contributed by atoms with Crippen molar-refractivity contribution in [2.45, 2.75) is 44.1 Å². The van der Waals surface area contributed by atoms with E-state index in [1.807, 2.05) is 0 Å². The van der Waals surface area contributed by atoms with Gasteiger partial charge in [0.15, 0.2) is 0 Å². The predicted molar refractivity (Wildman–Crippen MR) is 118 cm³/mol. The van der Waals surface area contributed by atoms with E-state index in [4.69, 9.17) is 16.0 Å². The van der Waals surface area contributed by atoms with Gasteiger partial charge in [-0.2, -0.15) is 13.2 Å². The molecule has 2 amide bonds. The van der Waals surface area contributed by atoms with Gasteiger partial charge in [-0.3, -0.25) is 9.59 Å². The average Bonchev–Trinajstić information content (AvgIpc) is 3.49. The van der Waals surface area contributed by atoms with Crippen molar-refractivity contribution < 1.29 is 36.7 Å². The minimum Gasteiger partial charge on any atom is -0.431 e. The van der Waals surface area contributed by atoms with Crippen molar-refractivity contribution in [3.8, 4) is 11.5 Å². The topological polar surface area (TPSA) is 117 Å². The van der Waals surface area contributed by atoms with E-state index < -0.39 is 54.8 Å². The second-order valence-electron chi connectivity index (χ2n) is 7.43. The first kappa shape index (κ1) is 26.6. The molecule has 0 aliphatic carbocycles. The number of aliphatic hydroxyl groups excluding tert-OH is 1. The number of thiazole rings is 1. The van der Waals surface area contributed by atoms with Gasteiger partial charge in [-0.15, -0.1) is 11.3 Å². The van der Waals surface area contributed by atoms with Crippen molar-refractivity contribution in [2.75, 3.05) is 0 Å². The van der Waals surface area contributed by atoms with Gasteiger partial charge in [-0.1, -0.05) is 11.6 Å². The zero-order valence-corrected chi connectivity index (χ0v) is 19.5. The molecule has 0 spiro atoms. The van der Waals surface area contributed by atoms with E-state index in [2.05, 4.69) is 20.6 Å². The monoisotopic (exact) mass is 534 g/mol. The number of amides is 2. The Labute approximate surface area is 205 Å². The molecule has 3 aromatic rings. The smallest absolute Gasteiger partial charge is 0.389 e. The van der Waals surface area contributed by atoms with E-state index in [0.29, 0.717) is 0 Å². The molecule has 0 aliphatic heterocycles. The van der Waals surface area contributed by atoms with Gasteiger partial charge in [0.05, 0.1) is 17.8 Å². The van der Waals surface area contributed by atoms with E-state index in [0.717, 1.165) is 23.6 Å². The minimum atomic E-state index is -4.50. The first-order valence-electron chi connectivity index (χ1n) is 10.1. The third-order valence-electron chi connectivity index (χ3n) is 4.78. The van der Waals surface area contributed by atoms with Crippen LogP contribution in [0.1, 0.15) is 41.4 Å². The number of nitrogens with one attached hydrogen (secondary N) is 2. The number of aliphatic hydroxyl groups is 1. The van der Waals surface area contributed by atoms with Crippen LogP contribution in [0.2, 0.25) is 5.02 Å². The summed E-state index contributed by atoms with van der Waals surface area (Å²) < 4.78 is 57.5. The van der Waals surface area contributed by atoms with Crippen molar-refractivity contribution in [3.05, 3.63) is 57.6 Å². The first-order valence-corrected chi connectivity index (χ1v) is 11.4. The largest absolute Gasteiger partial charge is 0.431 e. The Morgan fingerprint density at radius 3 is 2.66 bits per heavy atom. The highest BCUT2D eigenvalue weighted by atomic mass is 35.5. The molecular weight excluding hydrogens is 516 g/mol. The SMILES string of the molecule is C[C@H](NC(=O)c1cnc(-c2cc(Cl)ccc2F)o1)C(=O)N[C@@H](CCC(F)(F)F)C(O)c1nccs1. The third-order valence-corrected chi connectivity index (χ3v) is 5.86. The van der Waals surface area contributed by atoms with Gasteiger partial charge >= 0.3 is 6.18 Å². The van der Waals surface area contributed by atoms with E-state index >= 15 is 0 Å². The van der Waals surface area contributed by atoms with Crippen molar-refractivity contribution in [3.63, 3.8) is 0 Å². The van der Waals surface area contributed by atoms with Crippen LogP contribution in [0, 0.1) is 5.82 Å². The maximum Gasteiger partial charge on any atom is 0.389 e. The molecule has 0 radical (unpaired) electrons. The predicted octanol–water partition coefficient (Wildman–Crippen LogP) is 4.27. The van der Waals surface area contributed by atoms with Gasteiger partial charge in [-0.05, 0) is 31.5 Å². The fourth-order valence-corrected chi connectivity index (χ4v) is 3.85. The van der Waals surface area contributed by atoms with E-state index in [-0.39, 0.29) is 27.2 Å². The molecule has 2 heterocycles. The molecule has 0 aliphatic rings. The number of halogens is 5. The van der Waals surface area contributed by atoms with Crippen LogP contribution >= 0.6 is 22.9 Å². The molecule has 1 unspecified atom stereocenters. The molecule has 3 rings (SSSR count). The van der Waals surface area contributed by atoms with E-state index in [1.165, 1.54) is 30.6 Å². The average molecular weight is 535 g/mol. The molecule has 0 bridgehead atoms. The maximum atomic E-state index is 14.0. The molecule has 1 aromatic carbocycles. The summed E-state index contributed by atoms with van der Waals surface area (Å²) in [6.45, 7) is 1.29. The van der Waals surface area contributed by atoms with E-state index in [9.17, 15) is 32.3 Å².